The van der Waals surface area contributed by atoms with E-state index < -0.39 is 18.0 Å². The van der Waals surface area contributed by atoms with E-state index >= 15 is 0 Å². The first-order chi connectivity index (χ1) is 13.3. The molecule has 0 aromatic carbocycles. The molecule has 9 nitrogen and oxygen atoms in total. The van der Waals surface area contributed by atoms with E-state index in [1.165, 1.54) is 5.01 Å². The van der Waals surface area contributed by atoms with Gasteiger partial charge in [-0.1, -0.05) is 20.8 Å². The van der Waals surface area contributed by atoms with Crippen molar-refractivity contribution in [1.29, 1.82) is 0 Å². The Hall–Kier alpha value is -2.32. The van der Waals surface area contributed by atoms with Crippen molar-refractivity contribution >= 4 is 23.8 Å². The Kier molecular flexibility index (Phi) is 8.07. The van der Waals surface area contributed by atoms with E-state index in [0.29, 0.717) is 19.4 Å². The highest BCUT2D eigenvalue weighted by molar-refractivity contribution is 5.88. The normalized spacial score (nSPS) is 20.1. The van der Waals surface area contributed by atoms with Crippen LogP contribution < -0.4 is 16.1 Å². The van der Waals surface area contributed by atoms with Gasteiger partial charge in [-0.3, -0.25) is 24.8 Å². The summed E-state index contributed by atoms with van der Waals surface area (Å²) in [6.07, 6.45) is 3.24. The molecule has 0 bridgehead atoms. The maximum absolute atomic E-state index is 12.8. The van der Waals surface area contributed by atoms with Gasteiger partial charge in [-0.05, 0) is 38.0 Å². The van der Waals surface area contributed by atoms with Gasteiger partial charge in [0.05, 0.1) is 12.5 Å². The molecular weight excluding hydrogens is 364 g/mol. The van der Waals surface area contributed by atoms with Crippen LogP contribution in [0, 0.1) is 11.8 Å². The topological polar surface area (TPSA) is 117 Å². The molecule has 2 rings (SSSR count). The lowest BCUT2D eigenvalue weighted by molar-refractivity contribution is -0.143. The highest BCUT2D eigenvalue weighted by atomic mass is 16.6. The summed E-state index contributed by atoms with van der Waals surface area (Å²) in [6.45, 7) is 6.26. The molecule has 0 radical (unpaired) electrons. The van der Waals surface area contributed by atoms with Gasteiger partial charge in [-0.25, -0.2) is 4.79 Å². The van der Waals surface area contributed by atoms with E-state index in [9.17, 15) is 19.2 Å². The van der Waals surface area contributed by atoms with Gasteiger partial charge < -0.3 is 15.4 Å². The zero-order valence-corrected chi connectivity index (χ0v) is 17.0. The van der Waals surface area contributed by atoms with Crippen LogP contribution in [0.3, 0.4) is 0 Å². The Morgan fingerprint density at radius 2 is 1.96 bits per heavy atom. The molecule has 3 N–H and O–H groups in total. The fourth-order valence-electron chi connectivity index (χ4n) is 3.17. The van der Waals surface area contributed by atoms with Gasteiger partial charge in [0.1, 0.15) is 12.1 Å². The third-order valence-corrected chi connectivity index (χ3v) is 5.06. The number of carbonyl (C=O) groups is 4. The standard InChI is InChI=1S/C19H32N4O5/c1-4-16(24)23(11-13-8-9-20-17(13)25)22-18(26)15(10-12(2)3)21-19(27)28-14-6-5-7-14/h12-15H,4-11H2,1-3H3,(H,20,25)(H,21,27)(H,22,26)/t13-,15-/m0/s1. The summed E-state index contributed by atoms with van der Waals surface area (Å²) in [4.78, 5) is 49.0. The summed E-state index contributed by atoms with van der Waals surface area (Å²) in [5.74, 6) is -1.09. The predicted molar refractivity (Wildman–Crippen MR) is 102 cm³/mol. The van der Waals surface area contributed by atoms with Crippen LogP contribution in [0.5, 0.6) is 0 Å². The van der Waals surface area contributed by atoms with Gasteiger partial charge in [0.25, 0.3) is 5.91 Å². The van der Waals surface area contributed by atoms with E-state index in [2.05, 4.69) is 16.1 Å². The molecule has 0 aromatic rings. The summed E-state index contributed by atoms with van der Waals surface area (Å²) < 4.78 is 5.28. The van der Waals surface area contributed by atoms with Crippen LogP contribution in [0.4, 0.5) is 4.79 Å². The van der Waals surface area contributed by atoms with Crippen LogP contribution in [0.25, 0.3) is 0 Å². The highest BCUT2D eigenvalue weighted by Crippen LogP contribution is 2.22. The van der Waals surface area contributed by atoms with Gasteiger partial charge in [-0.2, -0.15) is 0 Å². The first kappa shape index (κ1) is 22.0. The van der Waals surface area contributed by atoms with E-state index in [-0.39, 0.29) is 42.7 Å². The monoisotopic (exact) mass is 396 g/mol. The van der Waals surface area contributed by atoms with E-state index in [4.69, 9.17) is 4.74 Å². The molecule has 0 spiro atoms. The second-order valence-corrected chi connectivity index (χ2v) is 7.90. The average molecular weight is 396 g/mol. The van der Waals surface area contributed by atoms with E-state index in [0.717, 1.165) is 19.3 Å². The van der Waals surface area contributed by atoms with Crippen molar-refractivity contribution in [2.75, 3.05) is 13.1 Å². The minimum Gasteiger partial charge on any atom is -0.446 e. The van der Waals surface area contributed by atoms with Crippen molar-refractivity contribution < 1.29 is 23.9 Å². The minimum atomic E-state index is -0.822. The molecule has 158 valence electrons. The Bertz CT molecular complexity index is 591. The van der Waals surface area contributed by atoms with Crippen LogP contribution >= 0.6 is 0 Å². The number of amides is 4. The fourth-order valence-corrected chi connectivity index (χ4v) is 3.17. The zero-order valence-electron chi connectivity index (χ0n) is 17.0. The lowest BCUT2D eigenvalue weighted by atomic mass is 9.96. The Morgan fingerprint density at radius 3 is 2.46 bits per heavy atom. The Balaban J connectivity index is 1.98. The number of nitrogens with one attached hydrogen (secondary N) is 3. The molecule has 2 aliphatic rings. The van der Waals surface area contributed by atoms with Gasteiger partial charge in [-0.15, -0.1) is 0 Å². The van der Waals surface area contributed by atoms with E-state index in [1.807, 2.05) is 13.8 Å². The number of carbonyl (C=O) groups excluding carboxylic acids is 4. The third-order valence-electron chi connectivity index (χ3n) is 5.06. The molecule has 1 aliphatic heterocycles. The van der Waals surface area contributed by atoms with E-state index in [1.54, 1.807) is 6.92 Å². The van der Waals surface area contributed by atoms with Crippen LogP contribution in [0.2, 0.25) is 0 Å². The maximum Gasteiger partial charge on any atom is 0.408 e. The van der Waals surface area contributed by atoms with Crippen LogP contribution in [-0.2, 0) is 19.1 Å². The van der Waals surface area contributed by atoms with Gasteiger partial charge >= 0.3 is 6.09 Å². The highest BCUT2D eigenvalue weighted by Gasteiger charge is 2.31. The number of ether oxygens (including phenoxy) is 1. The molecule has 2 fully saturated rings. The molecule has 0 aromatic heterocycles. The Morgan fingerprint density at radius 1 is 1.25 bits per heavy atom. The number of hydrogen-bond acceptors (Lipinski definition) is 5. The molecule has 28 heavy (non-hydrogen) atoms. The van der Waals surface area contributed by atoms with Crippen molar-refractivity contribution in [1.82, 2.24) is 21.1 Å². The number of alkyl carbamates (subject to hydrolysis) is 1. The van der Waals surface area contributed by atoms with Crippen molar-refractivity contribution in [3.8, 4) is 0 Å². The van der Waals surface area contributed by atoms with Gasteiger partial charge in [0, 0.05) is 13.0 Å². The fraction of sp³-hybridized carbons (Fsp3) is 0.789. The van der Waals surface area contributed by atoms with Crippen molar-refractivity contribution in [3.63, 3.8) is 0 Å². The molecule has 4 amide bonds. The van der Waals surface area contributed by atoms with Crippen LogP contribution in [0.1, 0.15) is 59.3 Å². The molecule has 9 heteroatoms. The summed E-state index contributed by atoms with van der Waals surface area (Å²) in [6, 6.07) is -0.822. The minimum absolute atomic E-state index is 0.0817. The quantitative estimate of drug-likeness (QED) is 0.531. The smallest absolute Gasteiger partial charge is 0.408 e. The number of hydrogen-bond donors (Lipinski definition) is 3. The molecule has 1 heterocycles. The summed E-state index contributed by atoms with van der Waals surface area (Å²) in [5.41, 5.74) is 2.60. The molecule has 1 aliphatic carbocycles. The zero-order chi connectivity index (χ0) is 20.7. The van der Waals surface area contributed by atoms with Gasteiger partial charge in [0.2, 0.25) is 11.8 Å². The summed E-state index contributed by atoms with van der Waals surface area (Å²) >= 11 is 0. The number of nitrogens with zero attached hydrogens (tertiary/aromatic N) is 1. The molecule has 1 saturated heterocycles. The first-order valence-corrected chi connectivity index (χ1v) is 10.2. The molecular formula is C19H32N4O5. The number of rotatable bonds is 8. The predicted octanol–water partition coefficient (Wildman–Crippen LogP) is 1.09. The first-order valence-electron chi connectivity index (χ1n) is 10.2. The number of hydrazine groups is 1. The van der Waals surface area contributed by atoms with Crippen molar-refractivity contribution in [3.05, 3.63) is 0 Å². The third kappa shape index (κ3) is 6.38. The lowest BCUT2D eigenvalue weighted by Gasteiger charge is -2.29. The summed E-state index contributed by atoms with van der Waals surface area (Å²) in [5, 5.41) is 6.55. The van der Waals surface area contributed by atoms with Crippen LogP contribution in [0.15, 0.2) is 0 Å². The van der Waals surface area contributed by atoms with Crippen LogP contribution in [-0.4, -0.2) is 54.1 Å². The van der Waals surface area contributed by atoms with Gasteiger partial charge in [0.15, 0.2) is 0 Å². The second-order valence-electron chi connectivity index (χ2n) is 7.90. The maximum atomic E-state index is 12.8. The molecule has 0 unspecified atom stereocenters. The SMILES string of the molecule is CCC(=O)N(C[C@@H]1CCNC1=O)NC(=O)[C@H](CC(C)C)NC(=O)OC1CCC1. The molecule has 1 saturated carbocycles. The van der Waals surface area contributed by atoms with Crippen molar-refractivity contribution in [2.24, 2.45) is 11.8 Å². The second kappa shape index (κ2) is 10.3. The largest absolute Gasteiger partial charge is 0.446 e. The average Bonchev–Trinajstić information content (AvgIpc) is 3.00. The molecule has 2 atom stereocenters. The lowest BCUT2D eigenvalue weighted by Crippen LogP contribution is -2.56. The summed E-state index contributed by atoms with van der Waals surface area (Å²) in [7, 11) is 0. The Labute approximate surface area is 165 Å². The van der Waals surface area contributed by atoms with Crippen molar-refractivity contribution in [2.45, 2.75) is 71.4 Å².